The Hall–Kier alpha value is -1.94. The van der Waals surface area contributed by atoms with E-state index in [-0.39, 0.29) is 0 Å². The van der Waals surface area contributed by atoms with Crippen LogP contribution in [-0.4, -0.2) is 29.0 Å². The van der Waals surface area contributed by atoms with Crippen LogP contribution in [0.4, 0.5) is 5.82 Å². The SMILES string of the molecule is CNc1cc(C)nc(CN(C)Cc2ccccc2C)n1. The highest BCUT2D eigenvalue weighted by molar-refractivity contribution is 5.34. The molecule has 0 atom stereocenters. The molecule has 0 saturated heterocycles. The van der Waals surface area contributed by atoms with Crippen molar-refractivity contribution in [2.75, 3.05) is 19.4 Å². The number of nitrogens with one attached hydrogen (secondary N) is 1. The van der Waals surface area contributed by atoms with Crippen LogP contribution >= 0.6 is 0 Å². The predicted octanol–water partition coefficient (Wildman–Crippen LogP) is 2.77. The average Bonchev–Trinajstić information content (AvgIpc) is 2.40. The molecule has 4 heteroatoms. The van der Waals surface area contributed by atoms with Crippen molar-refractivity contribution in [1.29, 1.82) is 0 Å². The normalized spacial score (nSPS) is 10.8. The van der Waals surface area contributed by atoms with Crippen molar-refractivity contribution in [2.24, 2.45) is 0 Å². The van der Waals surface area contributed by atoms with Crippen LogP contribution in [0.25, 0.3) is 0 Å². The van der Waals surface area contributed by atoms with Gasteiger partial charge in [-0.3, -0.25) is 4.90 Å². The maximum absolute atomic E-state index is 4.49. The van der Waals surface area contributed by atoms with Crippen LogP contribution in [0.3, 0.4) is 0 Å². The standard InChI is InChI=1S/C16H22N4/c1-12-7-5-6-8-14(12)10-20(4)11-16-18-13(2)9-15(17-3)19-16/h5-9H,10-11H2,1-4H3,(H,17,18,19). The molecule has 4 nitrogen and oxygen atoms in total. The van der Waals surface area contributed by atoms with E-state index in [1.165, 1.54) is 11.1 Å². The van der Waals surface area contributed by atoms with Crippen molar-refractivity contribution in [3.63, 3.8) is 0 Å². The zero-order valence-electron chi connectivity index (χ0n) is 12.6. The number of aryl methyl sites for hydroxylation is 2. The van der Waals surface area contributed by atoms with Gasteiger partial charge in [0.25, 0.3) is 0 Å². The van der Waals surface area contributed by atoms with Gasteiger partial charge in [0.1, 0.15) is 11.6 Å². The smallest absolute Gasteiger partial charge is 0.144 e. The van der Waals surface area contributed by atoms with E-state index in [0.717, 1.165) is 30.4 Å². The van der Waals surface area contributed by atoms with Gasteiger partial charge < -0.3 is 5.32 Å². The number of hydrogen-bond acceptors (Lipinski definition) is 4. The second-order valence-corrected chi connectivity index (χ2v) is 5.16. The number of aromatic nitrogens is 2. The molecule has 0 radical (unpaired) electrons. The summed E-state index contributed by atoms with van der Waals surface area (Å²) in [5.74, 6) is 1.72. The molecule has 0 unspecified atom stereocenters. The molecule has 2 rings (SSSR count). The van der Waals surface area contributed by atoms with E-state index in [1.54, 1.807) is 0 Å². The Bertz CT molecular complexity index is 580. The third kappa shape index (κ3) is 3.78. The third-order valence-electron chi connectivity index (χ3n) is 3.27. The number of hydrogen-bond donors (Lipinski definition) is 1. The fourth-order valence-corrected chi connectivity index (χ4v) is 2.20. The van der Waals surface area contributed by atoms with Gasteiger partial charge in [-0.05, 0) is 32.0 Å². The summed E-state index contributed by atoms with van der Waals surface area (Å²) in [7, 11) is 3.97. The molecule has 0 fully saturated rings. The molecular formula is C16H22N4. The quantitative estimate of drug-likeness (QED) is 0.907. The second-order valence-electron chi connectivity index (χ2n) is 5.16. The first-order valence-electron chi connectivity index (χ1n) is 6.84. The van der Waals surface area contributed by atoms with Crippen molar-refractivity contribution in [2.45, 2.75) is 26.9 Å². The highest BCUT2D eigenvalue weighted by Gasteiger charge is 2.07. The monoisotopic (exact) mass is 270 g/mol. The van der Waals surface area contributed by atoms with Crippen molar-refractivity contribution >= 4 is 5.82 Å². The molecule has 20 heavy (non-hydrogen) atoms. The zero-order chi connectivity index (χ0) is 14.5. The van der Waals surface area contributed by atoms with Crippen molar-refractivity contribution in [3.8, 4) is 0 Å². The number of nitrogens with zero attached hydrogens (tertiary/aromatic N) is 3. The fraction of sp³-hybridized carbons (Fsp3) is 0.375. The average molecular weight is 270 g/mol. The van der Waals surface area contributed by atoms with E-state index in [2.05, 4.69) is 58.4 Å². The number of rotatable bonds is 5. The minimum Gasteiger partial charge on any atom is -0.373 e. The molecule has 1 aromatic heterocycles. The molecule has 0 aliphatic carbocycles. The first kappa shape index (κ1) is 14.5. The van der Waals surface area contributed by atoms with E-state index >= 15 is 0 Å². The molecule has 0 bridgehead atoms. The lowest BCUT2D eigenvalue weighted by Gasteiger charge is -2.17. The second kappa shape index (κ2) is 6.48. The Kier molecular flexibility index (Phi) is 4.69. The summed E-state index contributed by atoms with van der Waals surface area (Å²) in [6.45, 7) is 5.78. The summed E-state index contributed by atoms with van der Waals surface area (Å²) in [4.78, 5) is 11.2. The molecule has 1 N–H and O–H groups in total. The third-order valence-corrected chi connectivity index (χ3v) is 3.27. The van der Waals surface area contributed by atoms with Gasteiger partial charge in [-0.1, -0.05) is 24.3 Å². The van der Waals surface area contributed by atoms with Gasteiger partial charge in [0.05, 0.1) is 6.54 Å². The summed E-state index contributed by atoms with van der Waals surface area (Å²) in [6.07, 6.45) is 0. The largest absolute Gasteiger partial charge is 0.373 e. The minimum absolute atomic E-state index is 0.741. The van der Waals surface area contributed by atoms with E-state index in [4.69, 9.17) is 0 Å². The number of benzene rings is 1. The van der Waals surface area contributed by atoms with Crippen LogP contribution in [0.5, 0.6) is 0 Å². The van der Waals surface area contributed by atoms with Crippen LogP contribution in [0.1, 0.15) is 22.6 Å². The molecule has 0 aliphatic rings. The van der Waals surface area contributed by atoms with Gasteiger partial charge in [-0.15, -0.1) is 0 Å². The van der Waals surface area contributed by atoms with Gasteiger partial charge in [-0.2, -0.15) is 0 Å². The maximum atomic E-state index is 4.49. The lowest BCUT2D eigenvalue weighted by atomic mass is 10.1. The highest BCUT2D eigenvalue weighted by Crippen LogP contribution is 2.12. The van der Waals surface area contributed by atoms with E-state index in [9.17, 15) is 0 Å². The lowest BCUT2D eigenvalue weighted by molar-refractivity contribution is 0.310. The Morgan fingerprint density at radius 3 is 2.55 bits per heavy atom. The molecular weight excluding hydrogens is 248 g/mol. The molecule has 0 amide bonds. The number of anilines is 1. The van der Waals surface area contributed by atoms with E-state index in [1.807, 2.05) is 20.0 Å². The topological polar surface area (TPSA) is 41.1 Å². The molecule has 1 heterocycles. The van der Waals surface area contributed by atoms with Crippen LogP contribution < -0.4 is 5.32 Å². The van der Waals surface area contributed by atoms with Crippen molar-refractivity contribution < 1.29 is 0 Å². The lowest BCUT2D eigenvalue weighted by Crippen LogP contribution is -2.20. The Morgan fingerprint density at radius 1 is 1.10 bits per heavy atom. The summed E-state index contributed by atoms with van der Waals surface area (Å²) in [5.41, 5.74) is 3.65. The molecule has 0 aliphatic heterocycles. The van der Waals surface area contributed by atoms with Crippen LogP contribution in [0.2, 0.25) is 0 Å². The van der Waals surface area contributed by atoms with Gasteiger partial charge in [0, 0.05) is 25.4 Å². The molecule has 0 spiro atoms. The summed E-state index contributed by atoms with van der Waals surface area (Å²) in [5, 5.41) is 3.07. The van der Waals surface area contributed by atoms with Gasteiger partial charge in [-0.25, -0.2) is 9.97 Å². The van der Waals surface area contributed by atoms with Crippen molar-refractivity contribution in [1.82, 2.24) is 14.9 Å². The highest BCUT2D eigenvalue weighted by atomic mass is 15.1. The van der Waals surface area contributed by atoms with Crippen LogP contribution in [-0.2, 0) is 13.1 Å². The molecule has 106 valence electrons. The van der Waals surface area contributed by atoms with Gasteiger partial charge in [0.2, 0.25) is 0 Å². The van der Waals surface area contributed by atoms with E-state index < -0.39 is 0 Å². The molecule has 2 aromatic rings. The van der Waals surface area contributed by atoms with Crippen LogP contribution in [0, 0.1) is 13.8 Å². The molecule has 0 saturated carbocycles. The predicted molar refractivity (Wildman–Crippen MR) is 82.7 cm³/mol. The first-order chi connectivity index (χ1) is 9.58. The fourth-order valence-electron chi connectivity index (χ4n) is 2.20. The Morgan fingerprint density at radius 2 is 1.85 bits per heavy atom. The zero-order valence-corrected chi connectivity index (χ0v) is 12.6. The minimum atomic E-state index is 0.741. The Labute approximate surface area is 120 Å². The van der Waals surface area contributed by atoms with Gasteiger partial charge >= 0.3 is 0 Å². The first-order valence-corrected chi connectivity index (χ1v) is 6.84. The maximum Gasteiger partial charge on any atom is 0.144 e. The summed E-state index contributed by atoms with van der Waals surface area (Å²) >= 11 is 0. The van der Waals surface area contributed by atoms with Crippen LogP contribution in [0.15, 0.2) is 30.3 Å². The summed E-state index contributed by atoms with van der Waals surface area (Å²) in [6, 6.07) is 10.4. The summed E-state index contributed by atoms with van der Waals surface area (Å²) < 4.78 is 0. The van der Waals surface area contributed by atoms with E-state index in [0.29, 0.717) is 0 Å². The van der Waals surface area contributed by atoms with Crippen molar-refractivity contribution in [3.05, 3.63) is 53.0 Å². The van der Waals surface area contributed by atoms with Gasteiger partial charge in [0.15, 0.2) is 0 Å². The molecule has 1 aromatic carbocycles. The Balaban J connectivity index is 2.06.